The number of ether oxygens (including phenoxy) is 2. The van der Waals surface area contributed by atoms with Gasteiger partial charge in [0.1, 0.15) is 27.7 Å². The first-order valence-corrected chi connectivity index (χ1v) is 12.9. The topological polar surface area (TPSA) is 128 Å². The number of carbonyl (C=O) groups is 2. The fourth-order valence-electron chi connectivity index (χ4n) is 3.77. The van der Waals surface area contributed by atoms with Gasteiger partial charge in [-0.2, -0.15) is 13.1 Å². The van der Waals surface area contributed by atoms with Crippen molar-refractivity contribution in [3.63, 3.8) is 0 Å². The predicted molar refractivity (Wildman–Crippen MR) is 125 cm³/mol. The van der Waals surface area contributed by atoms with Gasteiger partial charge < -0.3 is 14.8 Å². The van der Waals surface area contributed by atoms with Gasteiger partial charge in [-0.25, -0.2) is 8.42 Å². The highest BCUT2D eigenvalue weighted by Gasteiger charge is 2.39. The number of piperidine rings is 1. The Hall–Kier alpha value is -3.09. The van der Waals surface area contributed by atoms with Crippen molar-refractivity contribution in [2.75, 3.05) is 20.3 Å². The van der Waals surface area contributed by atoms with Crippen molar-refractivity contribution in [1.29, 1.82) is 0 Å². The molecule has 1 fully saturated rings. The van der Waals surface area contributed by atoms with Crippen molar-refractivity contribution in [1.82, 2.24) is 18.4 Å². The minimum Gasteiger partial charge on any atom is -0.497 e. The summed E-state index contributed by atoms with van der Waals surface area (Å²) in [6, 6.07) is 10.9. The summed E-state index contributed by atoms with van der Waals surface area (Å²) in [5.74, 6) is -0.516. The molecular formula is C22H24N4O6S2. The van der Waals surface area contributed by atoms with E-state index in [1.54, 1.807) is 31.4 Å². The molecule has 0 bridgehead atoms. The maximum atomic E-state index is 13.4. The minimum absolute atomic E-state index is 0.00989. The zero-order valence-electron chi connectivity index (χ0n) is 18.5. The number of rotatable bonds is 8. The Bertz CT molecular complexity index is 1280. The lowest BCUT2D eigenvalue weighted by Crippen LogP contribution is -2.49. The number of carbonyl (C=O) groups excluding carboxylic acids is 2. The van der Waals surface area contributed by atoms with Gasteiger partial charge in [-0.05, 0) is 49.1 Å². The number of sulfonamides is 1. The lowest BCUT2D eigenvalue weighted by atomic mass is 10.1. The van der Waals surface area contributed by atoms with E-state index in [9.17, 15) is 18.0 Å². The third-order valence-corrected chi connectivity index (χ3v) is 8.04. The van der Waals surface area contributed by atoms with Crippen molar-refractivity contribution >= 4 is 44.7 Å². The number of fused-ring (bicyclic) bond motifs is 1. The summed E-state index contributed by atoms with van der Waals surface area (Å²) in [5, 5.41) is 2.68. The van der Waals surface area contributed by atoms with E-state index in [1.165, 1.54) is 6.07 Å². The average molecular weight is 505 g/mol. The van der Waals surface area contributed by atoms with E-state index in [0.29, 0.717) is 30.5 Å². The monoisotopic (exact) mass is 504 g/mol. The minimum atomic E-state index is -4.02. The van der Waals surface area contributed by atoms with Crippen LogP contribution in [0.4, 0.5) is 0 Å². The van der Waals surface area contributed by atoms with Crippen LogP contribution in [0.3, 0.4) is 0 Å². The molecule has 2 aromatic carbocycles. The summed E-state index contributed by atoms with van der Waals surface area (Å²) in [7, 11) is -2.45. The van der Waals surface area contributed by atoms with E-state index in [0.717, 1.165) is 21.6 Å². The second-order valence-electron chi connectivity index (χ2n) is 7.75. The van der Waals surface area contributed by atoms with Crippen LogP contribution < -0.4 is 10.1 Å². The third-order valence-electron chi connectivity index (χ3n) is 5.56. The highest BCUT2D eigenvalue weighted by atomic mass is 32.2. The molecule has 1 atom stereocenters. The predicted octanol–water partition coefficient (Wildman–Crippen LogP) is 2.10. The number of amides is 1. The summed E-state index contributed by atoms with van der Waals surface area (Å²) < 4.78 is 46.5. The van der Waals surface area contributed by atoms with Crippen molar-refractivity contribution < 1.29 is 27.5 Å². The van der Waals surface area contributed by atoms with Gasteiger partial charge in [-0.15, -0.1) is 0 Å². The zero-order chi connectivity index (χ0) is 24.1. The normalized spacial score (nSPS) is 16.8. The fraction of sp³-hybridized carbons (Fsp3) is 0.364. The molecule has 10 nitrogen and oxygen atoms in total. The maximum absolute atomic E-state index is 13.4. The molecule has 4 rings (SSSR count). The molecule has 180 valence electrons. The molecular weight excluding hydrogens is 480 g/mol. The summed E-state index contributed by atoms with van der Waals surface area (Å²) in [4.78, 5) is 25.0. The van der Waals surface area contributed by atoms with E-state index in [2.05, 4.69) is 14.1 Å². The quantitative estimate of drug-likeness (QED) is 0.462. The van der Waals surface area contributed by atoms with E-state index in [-0.39, 0.29) is 23.5 Å². The van der Waals surface area contributed by atoms with Crippen molar-refractivity contribution in [3.05, 3.63) is 48.0 Å². The molecule has 2 heterocycles. The number of benzene rings is 2. The average Bonchev–Trinajstić information content (AvgIpc) is 3.35. The molecule has 1 amide bonds. The van der Waals surface area contributed by atoms with Crippen LogP contribution in [0.25, 0.3) is 11.0 Å². The van der Waals surface area contributed by atoms with Gasteiger partial charge in [-0.1, -0.05) is 18.2 Å². The van der Waals surface area contributed by atoms with Crippen LogP contribution in [0.2, 0.25) is 0 Å². The largest absolute Gasteiger partial charge is 0.497 e. The van der Waals surface area contributed by atoms with Crippen molar-refractivity contribution in [2.24, 2.45) is 0 Å². The van der Waals surface area contributed by atoms with Gasteiger partial charge in [0.25, 0.3) is 5.91 Å². The first-order chi connectivity index (χ1) is 16.4. The van der Waals surface area contributed by atoms with Gasteiger partial charge in [0.05, 0.1) is 18.8 Å². The number of nitrogens with zero attached hydrogens (tertiary/aromatic N) is 3. The maximum Gasteiger partial charge on any atom is 0.324 e. The summed E-state index contributed by atoms with van der Waals surface area (Å²) in [6.07, 6.45) is 1.62. The van der Waals surface area contributed by atoms with Gasteiger partial charge in [0.15, 0.2) is 6.61 Å². The number of hydrogen-bond acceptors (Lipinski definition) is 9. The lowest BCUT2D eigenvalue weighted by Gasteiger charge is -2.32. The third kappa shape index (κ3) is 5.18. The van der Waals surface area contributed by atoms with E-state index < -0.39 is 34.5 Å². The molecule has 1 N–H and O–H groups in total. The smallest absolute Gasteiger partial charge is 0.324 e. The Labute approximate surface area is 201 Å². The molecule has 34 heavy (non-hydrogen) atoms. The van der Waals surface area contributed by atoms with Gasteiger partial charge in [0, 0.05) is 13.1 Å². The fourth-order valence-corrected chi connectivity index (χ4v) is 6.17. The van der Waals surface area contributed by atoms with E-state index >= 15 is 0 Å². The molecule has 12 heteroatoms. The molecule has 1 aromatic heterocycles. The Balaban J connectivity index is 1.39. The van der Waals surface area contributed by atoms with Crippen LogP contribution >= 0.6 is 11.7 Å². The van der Waals surface area contributed by atoms with Crippen molar-refractivity contribution in [3.8, 4) is 5.75 Å². The molecule has 0 radical (unpaired) electrons. The molecule has 0 saturated carbocycles. The van der Waals surface area contributed by atoms with Crippen molar-refractivity contribution in [2.45, 2.75) is 36.7 Å². The molecule has 3 aromatic rings. The molecule has 1 saturated heterocycles. The molecule has 1 aliphatic rings. The number of nitrogens with one attached hydrogen (secondary N) is 1. The Kier molecular flexibility index (Phi) is 7.39. The Morgan fingerprint density at radius 3 is 2.71 bits per heavy atom. The Morgan fingerprint density at radius 2 is 1.94 bits per heavy atom. The summed E-state index contributed by atoms with van der Waals surface area (Å²) >= 11 is 0.928. The standard InChI is InChI=1S/C22H24N4O6S2/c1-31-16-10-8-15(9-11-16)13-23-20(27)14-32-22(28)18-6-2-3-12-26(18)34(29,30)19-7-4-5-17-21(19)25-33-24-17/h4-5,7-11,18H,2-3,6,12-14H2,1H3,(H,23,27). The van der Waals surface area contributed by atoms with Crippen LogP contribution in [0.1, 0.15) is 24.8 Å². The molecule has 1 unspecified atom stereocenters. The van der Waals surface area contributed by atoms with Crippen LogP contribution in [0, 0.1) is 0 Å². The van der Waals surface area contributed by atoms with Gasteiger partial charge in [0.2, 0.25) is 10.0 Å². The number of methoxy groups -OCH3 is 1. The first-order valence-electron chi connectivity index (χ1n) is 10.7. The summed E-state index contributed by atoms with van der Waals surface area (Å²) in [6.45, 7) is -0.0549. The SMILES string of the molecule is COc1ccc(CNC(=O)COC(=O)C2CCCCN2S(=O)(=O)c2cccc3nsnc23)cc1. The van der Waals surface area contributed by atoms with Crippen LogP contribution in [0.5, 0.6) is 5.75 Å². The molecule has 0 aliphatic carbocycles. The second-order valence-corrected chi connectivity index (χ2v) is 10.1. The first kappa shape index (κ1) is 24.0. The number of aromatic nitrogens is 2. The van der Waals surface area contributed by atoms with E-state index in [4.69, 9.17) is 9.47 Å². The molecule has 0 spiro atoms. The van der Waals surface area contributed by atoms with Crippen LogP contribution in [-0.2, 0) is 30.9 Å². The highest BCUT2D eigenvalue weighted by molar-refractivity contribution is 7.89. The number of hydrogen-bond donors (Lipinski definition) is 1. The lowest BCUT2D eigenvalue weighted by molar-refractivity contribution is -0.153. The highest BCUT2D eigenvalue weighted by Crippen LogP contribution is 2.29. The zero-order valence-corrected chi connectivity index (χ0v) is 20.1. The van der Waals surface area contributed by atoms with Gasteiger partial charge >= 0.3 is 5.97 Å². The van der Waals surface area contributed by atoms with E-state index in [1.807, 2.05) is 12.1 Å². The number of esters is 1. The second kappa shape index (κ2) is 10.5. The van der Waals surface area contributed by atoms with Crippen LogP contribution in [0.15, 0.2) is 47.4 Å². The van der Waals surface area contributed by atoms with Gasteiger partial charge in [-0.3, -0.25) is 9.59 Å². The Morgan fingerprint density at radius 1 is 1.15 bits per heavy atom. The summed E-state index contributed by atoms with van der Waals surface area (Å²) in [5.41, 5.74) is 1.62. The van der Waals surface area contributed by atoms with Crippen LogP contribution in [-0.4, -0.2) is 59.6 Å². The molecule has 1 aliphatic heterocycles.